The Morgan fingerprint density at radius 2 is 2.09 bits per heavy atom. The van der Waals surface area contributed by atoms with E-state index in [9.17, 15) is 19.7 Å². The number of allylic oxidation sites excluding steroid dienone is 1. The van der Waals surface area contributed by atoms with Gasteiger partial charge in [-0.3, -0.25) is 14.9 Å². The first kappa shape index (κ1) is 18.1. The molecule has 8 nitrogen and oxygen atoms in total. The molecule has 8 heteroatoms. The second kappa shape index (κ2) is 9.19. The van der Waals surface area contributed by atoms with Crippen LogP contribution in [0.25, 0.3) is 0 Å². The molecular formula is C15H19N3O5. The number of hydrogen-bond donors (Lipinski definition) is 3. The number of para-hydroxylation sites is 2. The molecule has 0 aliphatic heterocycles. The number of nitrogens with one attached hydrogen (secondary N) is 2. The summed E-state index contributed by atoms with van der Waals surface area (Å²) in [4.78, 5) is 33.1. The molecule has 0 heterocycles. The zero-order valence-corrected chi connectivity index (χ0v) is 12.5. The highest BCUT2D eigenvalue weighted by Crippen LogP contribution is 2.22. The summed E-state index contributed by atoms with van der Waals surface area (Å²) in [6.45, 7) is 3.66. The smallest absolute Gasteiger partial charge is 0.326 e. The molecule has 1 unspecified atom stereocenters. The molecule has 0 saturated heterocycles. The highest BCUT2D eigenvalue weighted by molar-refractivity contribution is 5.83. The average molecular weight is 321 g/mol. The van der Waals surface area contributed by atoms with Gasteiger partial charge in [0.2, 0.25) is 5.91 Å². The molecular weight excluding hydrogens is 302 g/mol. The SMILES string of the molecule is C=CCCC(NC(=O)CCNc1ccccc1[N+](=O)[O-])C(=O)O. The Morgan fingerprint density at radius 3 is 2.70 bits per heavy atom. The highest BCUT2D eigenvalue weighted by atomic mass is 16.6. The van der Waals surface area contributed by atoms with Crippen LogP contribution < -0.4 is 10.6 Å². The Bertz CT molecular complexity index is 588. The third-order valence-electron chi connectivity index (χ3n) is 3.06. The van der Waals surface area contributed by atoms with Gasteiger partial charge in [0.25, 0.3) is 5.69 Å². The number of nitro benzene ring substituents is 1. The van der Waals surface area contributed by atoms with E-state index in [1.807, 2.05) is 0 Å². The number of nitro groups is 1. The molecule has 0 radical (unpaired) electrons. The van der Waals surface area contributed by atoms with Gasteiger partial charge in [0.05, 0.1) is 4.92 Å². The molecule has 1 atom stereocenters. The normalized spacial score (nSPS) is 11.3. The van der Waals surface area contributed by atoms with Crippen LogP contribution in [0.2, 0.25) is 0 Å². The fraction of sp³-hybridized carbons (Fsp3) is 0.333. The molecule has 0 fully saturated rings. The molecule has 1 amide bonds. The summed E-state index contributed by atoms with van der Waals surface area (Å²) in [5.41, 5.74) is 0.231. The van der Waals surface area contributed by atoms with Crippen LogP contribution in [-0.4, -0.2) is 34.5 Å². The second-order valence-corrected chi connectivity index (χ2v) is 4.78. The first-order valence-electron chi connectivity index (χ1n) is 7.06. The van der Waals surface area contributed by atoms with Gasteiger partial charge in [-0.25, -0.2) is 4.79 Å². The van der Waals surface area contributed by atoms with Gasteiger partial charge < -0.3 is 15.7 Å². The lowest BCUT2D eigenvalue weighted by molar-refractivity contribution is -0.384. The maximum absolute atomic E-state index is 11.8. The zero-order chi connectivity index (χ0) is 17.2. The molecule has 0 aliphatic rings. The first-order chi connectivity index (χ1) is 11.0. The molecule has 0 bridgehead atoms. The van der Waals surface area contributed by atoms with Crippen molar-refractivity contribution in [2.45, 2.75) is 25.3 Å². The van der Waals surface area contributed by atoms with Gasteiger partial charge in [0, 0.05) is 19.0 Å². The number of amides is 1. The lowest BCUT2D eigenvalue weighted by Gasteiger charge is -2.14. The largest absolute Gasteiger partial charge is 0.480 e. The maximum atomic E-state index is 11.8. The minimum Gasteiger partial charge on any atom is -0.480 e. The van der Waals surface area contributed by atoms with Crippen LogP contribution in [0.1, 0.15) is 19.3 Å². The van der Waals surface area contributed by atoms with E-state index >= 15 is 0 Å². The summed E-state index contributed by atoms with van der Waals surface area (Å²) in [6.07, 6.45) is 2.33. The standard InChI is InChI=1S/C15H19N3O5/c1-2-3-6-12(15(20)21)17-14(19)9-10-16-11-7-4-5-8-13(11)18(22)23/h2,4-5,7-8,12,16H,1,3,6,9-10H2,(H,17,19)(H,20,21). The van der Waals surface area contributed by atoms with E-state index in [2.05, 4.69) is 17.2 Å². The van der Waals surface area contributed by atoms with Crippen LogP contribution in [0.4, 0.5) is 11.4 Å². The van der Waals surface area contributed by atoms with E-state index in [4.69, 9.17) is 5.11 Å². The molecule has 1 rings (SSSR count). The van der Waals surface area contributed by atoms with Crippen LogP contribution in [0.5, 0.6) is 0 Å². The van der Waals surface area contributed by atoms with Gasteiger partial charge in [0.1, 0.15) is 11.7 Å². The lowest BCUT2D eigenvalue weighted by atomic mass is 10.1. The van der Waals surface area contributed by atoms with Crippen molar-refractivity contribution in [1.82, 2.24) is 5.32 Å². The summed E-state index contributed by atoms with van der Waals surface area (Å²) in [5.74, 6) is -1.54. The number of carboxylic acid groups (broad SMARTS) is 1. The van der Waals surface area contributed by atoms with Crippen molar-refractivity contribution in [3.8, 4) is 0 Å². The molecule has 0 aliphatic carbocycles. The molecule has 0 saturated carbocycles. The Morgan fingerprint density at radius 1 is 1.39 bits per heavy atom. The minimum absolute atomic E-state index is 0.00389. The quantitative estimate of drug-likeness (QED) is 0.344. The van der Waals surface area contributed by atoms with Gasteiger partial charge >= 0.3 is 5.97 Å². The number of carbonyl (C=O) groups excluding carboxylic acids is 1. The van der Waals surface area contributed by atoms with Gasteiger partial charge in [0.15, 0.2) is 0 Å². The van der Waals surface area contributed by atoms with Crippen LogP contribution in [0, 0.1) is 10.1 Å². The summed E-state index contributed by atoms with van der Waals surface area (Å²) in [7, 11) is 0. The van der Waals surface area contributed by atoms with E-state index in [1.54, 1.807) is 24.3 Å². The Labute approximate surface area is 133 Å². The van der Waals surface area contributed by atoms with Crippen molar-refractivity contribution in [3.63, 3.8) is 0 Å². The molecule has 124 valence electrons. The third-order valence-corrected chi connectivity index (χ3v) is 3.06. The number of carboxylic acids is 1. The summed E-state index contributed by atoms with van der Waals surface area (Å²) < 4.78 is 0. The number of anilines is 1. The predicted molar refractivity (Wildman–Crippen MR) is 85.2 cm³/mol. The van der Waals surface area contributed by atoms with E-state index < -0.39 is 22.8 Å². The molecule has 1 aromatic carbocycles. The van der Waals surface area contributed by atoms with Crippen LogP contribution >= 0.6 is 0 Å². The average Bonchev–Trinajstić information content (AvgIpc) is 2.51. The number of aliphatic carboxylic acids is 1. The van der Waals surface area contributed by atoms with Gasteiger partial charge in [-0.05, 0) is 18.9 Å². The van der Waals surface area contributed by atoms with Crippen LogP contribution in [0.15, 0.2) is 36.9 Å². The molecule has 0 aromatic heterocycles. The number of nitrogens with zero attached hydrogens (tertiary/aromatic N) is 1. The molecule has 23 heavy (non-hydrogen) atoms. The predicted octanol–water partition coefficient (Wildman–Crippen LogP) is 1.93. The first-order valence-corrected chi connectivity index (χ1v) is 7.06. The lowest BCUT2D eigenvalue weighted by Crippen LogP contribution is -2.41. The zero-order valence-electron chi connectivity index (χ0n) is 12.5. The van der Waals surface area contributed by atoms with Crippen molar-refractivity contribution in [1.29, 1.82) is 0 Å². The number of hydrogen-bond acceptors (Lipinski definition) is 5. The van der Waals surface area contributed by atoms with Gasteiger partial charge in [-0.2, -0.15) is 0 Å². The topological polar surface area (TPSA) is 122 Å². The Hall–Kier alpha value is -2.90. The Balaban J connectivity index is 2.49. The third kappa shape index (κ3) is 6.16. The van der Waals surface area contributed by atoms with Crippen molar-refractivity contribution >= 4 is 23.3 Å². The van der Waals surface area contributed by atoms with E-state index in [1.165, 1.54) is 6.07 Å². The summed E-state index contributed by atoms with van der Waals surface area (Å²) in [6, 6.07) is 5.13. The van der Waals surface area contributed by atoms with Gasteiger partial charge in [-0.15, -0.1) is 6.58 Å². The minimum atomic E-state index is -1.10. The summed E-state index contributed by atoms with van der Waals surface area (Å²) in [5, 5.41) is 25.1. The fourth-order valence-electron chi connectivity index (χ4n) is 1.90. The number of rotatable bonds is 10. The fourth-order valence-corrected chi connectivity index (χ4v) is 1.90. The van der Waals surface area contributed by atoms with Crippen molar-refractivity contribution in [3.05, 3.63) is 47.0 Å². The summed E-state index contributed by atoms with van der Waals surface area (Å²) >= 11 is 0. The molecule has 1 aromatic rings. The van der Waals surface area contributed by atoms with Crippen molar-refractivity contribution < 1.29 is 19.6 Å². The monoisotopic (exact) mass is 321 g/mol. The van der Waals surface area contributed by atoms with Crippen LogP contribution in [-0.2, 0) is 9.59 Å². The van der Waals surface area contributed by atoms with Gasteiger partial charge in [-0.1, -0.05) is 18.2 Å². The maximum Gasteiger partial charge on any atom is 0.326 e. The Kier molecular flexibility index (Phi) is 7.25. The van der Waals surface area contributed by atoms with Crippen LogP contribution in [0.3, 0.4) is 0 Å². The number of carbonyl (C=O) groups is 2. The number of benzene rings is 1. The molecule has 3 N–H and O–H groups in total. The second-order valence-electron chi connectivity index (χ2n) is 4.78. The molecule has 0 spiro atoms. The van der Waals surface area contributed by atoms with E-state index in [0.29, 0.717) is 12.1 Å². The van der Waals surface area contributed by atoms with E-state index in [-0.39, 0.29) is 25.1 Å². The van der Waals surface area contributed by atoms with Crippen molar-refractivity contribution in [2.75, 3.05) is 11.9 Å². The highest BCUT2D eigenvalue weighted by Gasteiger charge is 2.19. The van der Waals surface area contributed by atoms with Crippen molar-refractivity contribution in [2.24, 2.45) is 0 Å². The van der Waals surface area contributed by atoms with E-state index in [0.717, 1.165) is 0 Å².